The maximum atomic E-state index is 12.3. The van der Waals surface area contributed by atoms with Crippen LogP contribution in [0, 0.1) is 11.8 Å². The van der Waals surface area contributed by atoms with Gasteiger partial charge in [0.1, 0.15) is 12.1 Å². The molecule has 0 aliphatic heterocycles. The number of amides is 3. The zero-order chi connectivity index (χ0) is 24.8. The summed E-state index contributed by atoms with van der Waals surface area (Å²) in [7, 11) is 0. The van der Waals surface area contributed by atoms with Gasteiger partial charge in [-0.15, -0.1) is 0 Å². The molecular formula is C22H37N3O8. The molecule has 0 radical (unpaired) electrons. The standard InChI is InChI=1S/C22H37N3O8/c1-2-5-14-7-9-15(10-8-14)19(28)23-13-4-3-6-16(20(29)30)24-22(33)25-17(21(31)32)11-12-18(26)27/h14-17H,2-13H2,1H3,(H,23,28)(H,26,27)(H,29,30)(H,31,32)(H2,24,25,33)/t14?,15?,16-,17-/m0/s1. The Morgan fingerprint density at radius 3 is 1.94 bits per heavy atom. The number of carboxylic acids is 3. The van der Waals surface area contributed by atoms with Crippen LogP contribution in [-0.2, 0) is 19.2 Å². The summed E-state index contributed by atoms with van der Waals surface area (Å²) in [5.74, 6) is -3.08. The number of rotatable bonds is 15. The van der Waals surface area contributed by atoms with Gasteiger partial charge in [-0.3, -0.25) is 9.59 Å². The van der Waals surface area contributed by atoms with Crippen molar-refractivity contribution >= 4 is 29.8 Å². The van der Waals surface area contributed by atoms with Gasteiger partial charge in [0.25, 0.3) is 0 Å². The van der Waals surface area contributed by atoms with E-state index in [1.807, 2.05) is 0 Å². The molecule has 1 aliphatic carbocycles. The molecule has 2 atom stereocenters. The summed E-state index contributed by atoms with van der Waals surface area (Å²) in [4.78, 5) is 57.4. The van der Waals surface area contributed by atoms with Crippen molar-refractivity contribution in [3.05, 3.63) is 0 Å². The van der Waals surface area contributed by atoms with E-state index in [0.717, 1.165) is 31.6 Å². The summed E-state index contributed by atoms with van der Waals surface area (Å²) in [5, 5.41) is 34.2. The molecule has 11 heteroatoms. The molecule has 33 heavy (non-hydrogen) atoms. The van der Waals surface area contributed by atoms with Gasteiger partial charge in [-0.1, -0.05) is 19.8 Å². The number of carboxylic acid groups (broad SMARTS) is 3. The number of aliphatic carboxylic acids is 3. The Morgan fingerprint density at radius 2 is 1.42 bits per heavy atom. The molecule has 0 aromatic heterocycles. The normalized spacial score (nSPS) is 19.7. The monoisotopic (exact) mass is 471 g/mol. The first-order chi connectivity index (χ1) is 15.6. The van der Waals surface area contributed by atoms with E-state index in [2.05, 4.69) is 22.9 Å². The Balaban J connectivity index is 2.32. The molecule has 1 fully saturated rings. The van der Waals surface area contributed by atoms with E-state index >= 15 is 0 Å². The van der Waals surface area contributed by atoms with Gasteiger partial charge in [0.2, 0.25) is 5.91 Å². The van der Waals surface area contributed by atoms with Crippen LogP contribution in [-0.4, -0.2) is 63.8 Å². The Bertz CT molecular complexity index is 677. The summed E-state index contributed by atoms with van der Waals surface area (Å²) in [5.41, 5.74) is 0. The number of carbonyl (C=O) groups is 5. The van der Waals surface area contributed by atoms with Crippen molar-refractivity contribution in [2.75, 3.05) is 6.54 Å². The summed E-state index contributed by atoms with van der Waals surface area (Å²) in [6.07, 6.45) is 6.65. The van der Waals surface area contributed by atoms with E-state index < -0.39 is 42.4 Å². The average molecular weight is 472 g/mol. The zero-order valence-corrected chi connectivity index (χ0v) is 19.2. The van der Waals surface area contributed by atoms with Gasteiger partial charge in [-0.05, 0) is 57.3 Å². The minimum absolute atomic E-state index is 0.0401. The van der Waals surface area contributed by atoms with Crippen LogP contribution in [0.15, 0.2) is 0 Å². The van der Waals surface area contributed by atoms with E-state index in [-0.39, 0.29) is 24.7 Å². The lowest BCUT2D eigenvalue weighted by Crippen LogP contribution is -2.51. The molecule has 6 N–H and O–H groups in total. The molecule has 1 saturated carbocycles. The maximum Gasteiger partial charge on any atom is 0.326 e. The van der Waals surface area contributed by atoms with Gasteiger partial charge in [-0.25, -0.2) is 14.4 Å². The van der Waals surface area contributed by atoms with Crippen molar-refractivity contribution < 1.29 is 39.3 Å². The number of hydrogen-bond donors (Lipinski definition) is 6. The van der Waals surface area contributed by atoms with Gasteiger partial charge in [0.15, 0.2) is 0 Å². The summed E-state index contributed by atoms with van der Waals surface area (Å²) in [6, 6.07) is -3.67. The molecule has 0 bridgehead atoms. The van der Waals surface area contributed by atoms with Crippen LogP contribution in [0.5, 0.6) is 0 Å². The first-order valence-electron chi connectivity index (χ1n) is 11.7. The second-order valence-corrected chi connectivity index (χ2v) is 8.62. The number of carbonyl (C=O) groups excluding carboxylic acids is 2. The van der Waals surface area contributed by atoms with Crippen molar-refractivity contribution in [2.24, 2.45) is 11.8 Å². The molecule has 0 unspecified atom stereocenters. The van der Waals surface area contributed by atoms with Crippen molar-refractivity contribution in [1.82, 2.24) is 16.0 Å². The van der Waals surface area contributed by atoms with Crippen molar-refractivity contribution in [1.29, 1.82) is 0 Å². The van der Waals surface area contributed by atoms with E-state index in [0.29, 0.717) is 19.4 Å². The third-order valence-corrected chi connectivity index (χ3v) is 5.99. The second-order valence-electron chi connectivity index (χ2n) is 8.62. The highest BCUT2D eigenvalue weighted by Gasteiger charge is 2.26. The van der Waals surface area contributed by atoms with Gasteiger partial charge in [0, 0.05) is 18.9 Å². The Morgan fingerprint density at radius 1 is 0.848 bits per heavy atom. The fourth-order valence-corrected chi connectivity index (χ4v) is 4.09. The van der Waals surface area contributed by atoms with Crippen molar-refractivity contribution in [3.8, 4) is 0 Å². The first-order valence-corrected chi connectivity index (χ1v) is 11.7. The maximum absolute atomic E-state index is 12.3. The summed E-state index contributed by atoms with van der Waals surface area (Å²) < 4.78 is 0. The molecule has 1 aliphatic rings. The molecule has 0 aromatic rings. The minimum Gasteiger partial charge on any atom is -0.481 e. The largest absolute Gasteiger partial charge is 0.481 e. The van der Waals surface area contributed by atoms with Crippen LogP contribution in [0.3, 0.4) is 0 Å². The molecule has 0 aromatic carbocycles. The van der Waals surface area contributed by atoms with Crippen LogP contribution in [0.1, 0.15) is 77.6 Å². The molecule has 0 spiro atoms. The van der Waals surface area contributed by atoms with Crippen LogP contribution in [0.2, 0.25) is 0 Å². The van der Waals surface area contributed by atoms with Gasteiger partial charge in [-0.2, -0.15) is 0 Å². The number of nitrogens with one attached hydrogen (secondary N) is 3. The van der Waals surface area contributed by atoms with Crippen LogP contribution >= 0.6 is 0 Å². The molecule has 188 valence electrons. The van der Waals surface area contributed by atoms with Crippen LogP contribution in [0.25, 0.3) is 0 Å². The van der Waals surface area contributed by atoms with E-state index in [1.165, 1.54) is 12.8 Å². The fraction of sp³-hybridized carbons (Fsp3) is 0.773. The fourth-order valence-electron chi connectivity index (χ4n) is 4.09. The molecule has 1 rings (SSSR count). The zero-order valence-electron chi connectivity index (χ0n) is 19.2. The smallest absolute Gasteiger partial charge is 0.326 e. The van der Waals surface area contributed by atoms with Gasteiger partial charge >= 0.3 is 23.9 Å². The number of urea groups is 1. The second kappa shape index (κ2) is 15.1. The highest BCUT2D eigenvalue weighted by Crippen LogP contribution is 2.31. The lowest BCUT2D eigenvalue weighted by atomic mass is 9.80. The summed E-state index contributed by atoms with van der Waals surface area (Å²) in [6.45, 7) is 2.59. The molecule has 11 nitrogen and oxygen atoms in total. The Kier molecular flexibility index (Phi) is 12.9. The molecule has 0 saturated heterocycles. The topological polar surface area (TPSA) is 182 Å². The predicted molar refractivity (Wildman–Crippen MR) is 119 cm³/mol. The number of unbranched alkanes of at least 4 members (excludes halogenated alkanes) is 1. The lowest BCUT2D eigenvalue weighted by Gasteiger charge is -2.27. The number of hydrogen-bond acceptors (Lipinski definition) is 5. The predicted octanol–water partition coefficient (Wildman–Crippen LogP) is 1.95. The Hall–Kier alpha value is -2.85. The van der Waals surface area contributed by atoms with Crippen molar-refractivity contribution in [3.63, 3.8) is 0 Å². The highest BCUT2D eigenvalue weighted by molar-refractivity contribution is 5.86. The first kappa shape index (κ1) is 28.2. The third-order valence-electron chi connectivity index (χ3n) is 5.99. The molecular weight excluding hydrogens is 434 g/mol. The average Bonchev–Trinajstić information content (AvgIpc) is 2.75. The van der Waals surface area contributed by atoms with Crippen LogP contribution in [0.4, 0.5) is 4.79 Å². The van der Waals surface area contributed by atoms with Gasteiger partial charge < -0.3 is 31.3 Å². The summed E-state index contributed by atoms with van der Waals surface area (Å²) >= 11 is 0. The van der Waals surface area contributed by atoms with E-state index in [9.17, 15) is 29.1 Å². The molecule has 0 heterocycles. The quantitative estimate of drug-likeness (QED) is 0.196. The van der Waals surface area contributed by atoms with E-state index in [4.69, 9.17) is 10.2 Å². The van der Waals surface area contributed by atoms with Crippen LogP contribution < -0.4 is 16.0 Å². The van der Waals surface area contributed by atoms with Crippen molar-refractivity contribution in [2.45, 2.75) is 89.6 Å². The molecule has 3 amide bonds. The van der Waals surface area contributed by atoms with E-state index in [1.54, 1.807) is 0 Å². The minimum atomic E-state index is -1.44. The highest BCUT2D eigenvalue weighted by atomic mass is 16.4. The lowest BCUT2D eigenvalue weighted by molar-refractivity contribution is -0.140. The third kappa shape index (κ3) is 11.5. The van der Waals surface area contributed by atoms with Gasteiger partial charge in [0.05, 0.1) is 0 Å². The Labute approximate surface area is 193 Å². The SMILES string of the molecule is CCCC1CCC(C(=O)NCCCC[C@H](NC(=O)N[C@@H](CCC(=O)O)C(=O)O)C(=O)O)CC1.